The maximum absolute atomic E-state index is 9.09. The Balaban J connectivity index is 3.58. The summed E-state index contributed by atoms with van der Waals surface area (Å²) in [7, 11) is 0. The Morgan fingerprint density at radius 2 is 2.00 bits per heavy atom. The molecule has 0 fully saturated rings. The van der Waals surface area contributed by atoms with Crippen molar-refractivity contribution >= 4 is 0 Å². The van der Waals surface area contributed by atoms with E-state index in [1.807, 2.05) is 0 Å². The van der Waals surface area contributed by atoms with Crippen molar-refractivity contribution in [2.75, 3.05) is 13.2 Å². The average Bonchev–Trinajstić information content (AvgIpc) is 2.03. The van der Waals surface area contributed by atoms with Gasteiger partial charge in [-0.3, -0.25) is 0 Å². The largest absolute Gasteiger partial charge is 0.394 e. The maximum Gasteiger partial charge on any atom is 0.0610 e. The Hall–Kier alpha value is -0.0800. The average molecular weight is 173 g/mol. The summed E-state index contributed by atoms with van der Waals surface area (Å²) < 4.78 is 0. The lowest BCUT2D eigenvalue weighted by Crippen LogP contribution is -2.45. The highest BCUT2D eigenvalue weighted by atomic mass is 16.3. The van der Waals surface area contributed by atoms with Crippen molar-refractivity contribution < 1.29 is 5.11 Å². The van der Waals surface area contributed by atoms with Crippen LogP contribution < -0.4 is 5.32 Å². The lowest BCUT2D eigenvalue weighted by molar-refractivity contribution is 0.169. The monoisotopic (exact) mass is 173 g/mol. The Bertz CT molecular complexity index is 108. The molecule has 0 aliphatic heterocycles. The van der Waals surface area contributed by atoms with Crippen molar-refractivity contribution in [1.82, 2.24) is 5.32 Å². The molecule has 0 rings (SSSR count). The van der Waals surface area contributed by atoms with Gasteiger partial charge in [0, 0.05) is 5.54 Å². The zero-order valence-corrected chi connectivity index (χ0v) is 8.85. The van der Waals surface area contributed by atoms with Crippen molar-refractivity contribution in [2.24, 2.45) is 5.92 Å². The van der Waals surface area contributed by atoms with Gasteiger partial charge in [-0.2, -0.15) is 0 Å². The molecule has 1 unspecified atom stereocenters. The topological polar surface area (TPSA) is 32.3 Å². The predicted molar refractivity (Wildman–Crippen MR) is 53.2 cm³/mol. The fourth-order valence-electron chi connectivity index (χ4n) is 0.955. The van der Waals surface area contributed by atoms with E-state index in [9.17, 15) is 0 Å². The second kappa shape index (κ2) is 5.55. The van der Waals surface area contributed by atoms with Gasteiger partial charge in [-0.15, -0.1) is 0 Å². The normalized spacial score (nSPS) is 16.5. The van der Waals surface area contributed by atoms with Crippen LogP contribution in [0.3, 0.4) is 0 Å². The van der Waals surface area contributed by atoms with Crippen LogP contribution in [0, 0.1) is 5.92 Å². The van der Waals surface area contributed by atoms with Crippen molar-refractivity contribution in [3.63, 3.8) is 0 Å². The summed E-state index contributed by atoms with van der Waals surface area (Å²) in [6.07, 6.45) is 2.15. The molecular formula is C10H23NO. The van der Waals surface area contributed by atoms with E-state index in [1.54, 1.807) is 0 Å². The molecule has 2 heteroatoms. The molecular weight excluding hydrogens is 150 g/mol. The molecule has 0 spiro atoms. The number of aliphatic hydroxyl groups is 1. The SMILES string of the molecule is CCC(C)(CO)NCCC(C)C. The smallest absolute Gasteiger partial charge is 0.0610 e. The highest BCUT2D eigenvalue weighted by Crippen LogP contribution is 2.08. The Morgan fingerprint density at radius 3 is 2.33 bits per heavy atom. The summed E-state index contributed by atoms with van der Waals surface area (Å²) in [4.78, 5) is 0. The van der Waals surface area contributed by atoms with Crippen molar-refractivity contribution in [1.29, 1.82) is 0 Å². The maximum atomic E-state index is 9.09. The van der Waals surface area contributed by atoms with Crippen LogP contribution in [0.2, 0.25) is 0 Å². The fraction of sp³-hybridized carbons (Fsp3) is 1.00. The van der Waals surface area contributed by atoms with Crippen LogP contribution in [0.5, 0.6) is 0 Å². The third kappa shape index (κ3) is 4.73. The van der Waals surface area contributed by atoms with E-state index in [1.165, 1.54) is 6.42 Å². The number of nitrogens with one attached hydrogen (secondary N) is 1. The predicted octanol–water partition coefficient (Wildman–Crippen LogP) is 1.78. The molecule has 0 aliphatic rings. The summed E-state index contributed by atoms with van der Waals surface area (Å²) in [5, 5.41) is 12.5. The van der Waals surface area contributed by atoms with Crippen molar-refractivity contribution in [3.05, 3.63) is 0 Å². The van der Waals surface area contributed by atoms with Gasteiger partial charge in [0.15, 0.2) is 0 Å². The highest BCUT2D eigenvalue weighted by Gasteiger charge is 2.18. The fourth-order valence-corrected chi connectivity index (χ4v) is 0.955. The lowest BCUT2D eigenvalue weighted by Gasteiger charge is -2.27. The molecule has 2 nitrogen and oxygen atoms in total. The zero-order valence-electron chi connectivity index (χ0n) is 8.85. The third-order valence-electron chi connectivity index (χ3n) is 2.40. The van der Waals surface area contributed by atoms with Crippen LogP contribution in [0.25, 0.3) is 0 Å². The van der Waals surface area contributed by atoms with E-state index in [-0.39, 0.29) is 12.1 Å². The molecule has 0 saturated heterocycles. The van der Waals surface area contributed by atoms with Gasteiger partial charge < -0.3 is 10.4 Å². The molecule has 0 aromatic rings. The Kier molecular flexibility index (Phi) is 5.51. The van der Waals surface area contributed by atoms with Gasteiger partial charge in [-0.1, -0.05) is 20.8 Å². The molecule has 1 atom stereocenters. The number of hydrogen-bond acceptors (Lipinski definition) is 2. The first-order chi connectivity index (χ1) is 5.54. The molecule has 0 aliphatic carbocycles. The molecule has 74 valence electrons. The Labute approximate surface area is 76.4 Å². The quantitative estimate of drug-likeness (QED) is 0.642. The first-order valence-electron chi connectivity index (χ1n) is 4.90. The first kappa shape index (κ1) is 11.9. The lowest BCUT2D eigenvalue weighted by atomic mass is 9.99. The molecule has 0 radical (unpaired) electrons. The van der Waals surface area contributed by atoms with E-state index in [4.69, 9.17) is 5.11 Å². The van der Waals surface area contributed by atoms with Crippen molar-refractivity contribution in [3.8, 4) is 0 Å². The van der Waals surface area contributed by atoms with Crippen LogP contribution in [-0.4, -0.2) is 23.8 Å². The summed E-state index contributed by atoms with van der Waals surface area (Å²) in [6, 6.07) is 0. The minimum Gasteiger partial charge on any atom is -0.394 e. The molecule has 0 aromatic carbocycles. The van der Waals surface area contributed by atoms with E-state index in [2.05, 4.69) is 33.0 Å². The van der Waals surface area contributed by atoms with Crippen molar-refractivity contribution in [2.45, 2.75) is 46.1 Å². The highest BCUT2D eigenvalue weighted by molar-refractivity contribution is 4.80. The van der Waals surface area contributed by atoms with Gasteiger partial charge in [-0.05, 0) is 32.2 Å². The minimum atomic E-state index is -0.0745. The molecule has 0 aromatic heterocycles. The molecule has 2 N–H and O–H groups in total. The second-order valence-corrected chi connectivity index (χ2v) is 4.18. The van der Waals surface area contributed by atoms with Gasteiger partial charge in [0.2, 0.25) is 0 Å². The number of aliphatic hydroxyl groups excluding tert-OH is 1. The van der Waals surface area contributed by atoms with E-state index in [0.29, 0.717) is 0 Å². The second-order valence-electron chi connectivity index (χ2n) is 4.18. The van der Waals surface area contributed by atoms with E-state index in [0.717, 1.165) is 18.9 Å². The summed E-state index contributed by atoms with van der Waals surface area (Å²) >= 11 is 0. The molecule has 0 bridgehead atoms. The Morgan fingerprint density at radius 1 is 1.42 bits per heavy atom. The van der Waals surface area contributed by atoms with E-state index >= 15 is 0 Å². The van der Waals surface area contributed by atoms with Crippen LogP contribution in [-0.2, 0) is 0 Å². The standard InChI is InChI=1S/C10H23NO/c1-5-10(4,8-12)11-7-6-9(2)3/h9,11-12H,5-8H2,1-4H3. The van der Waals surface area contributed by atoms with Gasteiger partial charge in [-0.25, -0.2) is 0 Å². The zero-order chi connectivity index (χ0) is 9.61. The summed E-state index contributed by atoms with van der Waals surface area (Å²) in [6.45, 7) is 9.81. The van der Waals surface area contributed by atoms with E-state index < -0.39 is 0 Å². The van der Waals surface area contributed by atoms with Gasteiger partial charge in [0.1, 0.15) is 0 Å². The van der Waals surface area contributed by atoms with Crippen LogP contribution in [0.4, 0.5) is 0 Å². The summed E-state index contributed by atoms with van der Waals surface area (Å²) in [5.41, 5.74) is -0.0745. The molecule has 0 heterocycles. The minimum absolute atomic E-state index is 0.0745. The van der Waals surface area contributed by atoms with Crippen LogP contribution in [0.1, 0.15) is 40.5 Å². The van der Waals surface area contributed by atoms with Gasteiger partial charge >= 0.3 is 0 Å². The molecule has 0 amide bonds. The number of hydrogen-bond donors (Lipinski definition) is 2. The summed E-state index contributed by atoms with van der Waals surface area (Å²) in [5.74, 6) is 0.734. The third-order valence-corrected chi connectivity index (χ3v) is 2.40. The van der Waals surface area contributed by atoms with Gasteiger partial charge in [0.25, 0.3) is 0 Å². The molecule has 12 heavy (non-hydrogen) atoms. The van der Waals surface area contributed by atoms with Gasteiger partial charge in [0.05, 0.1) is 6.61 Å². The van der Waals surface area contributed by atoms with Crippen LogP contribution in [0.15, 0.2) is 0 Å². The van der Waals surface area contributed by atoms with Crippen LogP contribution >= 0.6 is 0 Å². The first-order valence-corrected chi connectivity index (χ1v) is 4.90. The molecule has 0 saturated carbocycles. The number of rotatable bonds is 6.